The summed E-state index contributed by atoms with van der Waals surface area (Å²) in [6.45, 7) is 0.739. The van der Waals surface area contributed by atoms with Gasteiger partial charge in [-0.15, -0.1) is 0 Å². The Labute approximate surface area is 127 Å². The van der Waals surface area contributed by atoms with Crippen LogP contribution in [0, 0.1) is 0 Å². The molecule has 6 nitrogen and oxygen atoms in total. The number of ether oxygens (including phenoxy) is 1. The van der Waals surface area contributed by atoms with Crippen molar-refractivity contribution in [2.75, 3.05) is 19.8 Å². The van der Waals surface area contributed by atoms with Crippen LogP contribution in [0.4, 0.5) is 0 Å². The highest BCUT2D eigenvalue weighted by atomic mass is 16.5. The summed E-state index contributed by atoms with van der Waals surface area (Å²) in [5.41, 5.74) is 0.619. The number of carboxylic acid groups (broad SMARTS) is 1. The van der Waals surface area contributed by atoms with Gasteiger partial charge < -0.3 is 19.2 Å². The fraction of sp³-hybridized carbons (Fsp3) is 0.375. The highest BCUT2D eigenvalue weighted by Crippen LogP contribution is 2.23. The lowest BCUT2D eigenvalue weighted by Gasteiger charge is -2.32. The molecule has 1 N–H and O–H groups in total. The molecule has 22 heavy (non-hydrogen) atoms. The lowest BCUT2D eigenvalue weighted by molar-refractivity contribution is -0.138. The molecule has 2 aromatic rings. The highest BCUT2D eigenvalue weighted by molar-refractivity contribution is 5.97. The Morgan fingerprint density at radius 2 is 1.95 bits per heavy atom. The van der Waals surface area contributed by atoms with E-state index in [9.17, 15) is 9.59 Å². The van der Waals surface area contributed by atoms with Gasteiger partial charge in [-0.05, 0) is 25.0 Å². The van der Waals surface area contributed by atoms with Crippen molar-refractivity contribution in [3.8, 4) is 0 Å². The third-order valence-electron chi connectivity index (χ3n) is 3.83. The molecule has 0 aliphatic carbocycles. The molecular formula is C16H17NO5. The van der Waals surface area contributed by atoms with Crippen LogP contribution in [0.15, 0.2) is 34.7 Å². The number of hydrogen-bond donors (Lipinski definition) is 1. The molecule has 1 aliphatic rings. The Bertz CT molecular complexity index is 654. The van der Waals surface area contributed by atoms with Crippen molar-refractivity contribution < 1.29 is 23.8 Å². The molecule has 1 aromatic heterocycles. The van der Waals surface area contributed by atoms with E-state index in [1.165, 1.54) is 4.90 Å². The Morgan fingerprint density at radius 3 is 2.64 bits per heavy atom. The van der Waals surface area contributed by atoms with E-state index < -0.39 is 5.97 Å². The standard InChI is InChI=1S/C16H17NO5/c18-15(19)10-17(12-5-7-21-8-6-12)16(20)14-9-11-3-1-2-4-13(11)22-14/h1-4,9,12H,5-8,10H2,(H,18,19). The third kappa shape index (κ3) is 2.96. The number of furan rings is 1. The van der Waals surface area contributed by atoms with E-state index in [1.54, 1.807) is 12.1 Å². The van der Waals surface area contributed by atoms with Gasteiger partial charge in [-0.2, -0.15) is 0 Å². The lowest BCUT2D eigenvalue weighted by atomic mass is 10.1. The van der Waals surface area contributed by atoms with Gasteiger partial charge in [0.25, 0.3) is 5.91 Å². The molecule has 1 fully saturated rings. The Balaban J connectivity index is 1.88. The second-order valence-corrected chi connectivity index (χ2v) is 5.32. The third-order valence-corrected chi connectivity index (χ3v) is 3.83. The molecule has 0 bridgehead atoms. The van der Waals surface area contributed by atoms with Gasteiger partial charge in [-0.25, -0.2) is 0 Å². The fourth-order valence-corrected chi connectivity index (χ4v) is 2.74. The lowest BCUT2D eigenvalue weighted by Crippen LogP contribution is -2.45. The van der Waals surface area contributed by atoms with Gasteiger partial charge in [-0.1, -0.05) is 18.2 Å². The predicted molar refractivity (Wildman–Crippen MR) is 78.7 cm³/mol. The number of carbonyl (C=O) groups excluding carboxylic acids is 1. The van der Waals surface area contributed by atoms with E-state index in [0.717, 1.165) is 5.39 Å². The minimum absolute atomic E-state index is 0.134. The second-order valence-electron chi connectivity index (χ2n) is 5.32. The number of amides is 1. The largest absolute Gasteiger partial charge is 0.480 e. The van der Waals surface area contributed by atoms with Gasteiger partial charge in [0, 0.05) is 24.6 Å². The molecule has 2 heterocycles. The molecule has 116 valence electrons. The number of fused-ring (bicyclic) bond motifs is 1. The fourth-order valence-electron chi connectivity index (χ4n) is 2.74. The number of carboxylic acids is 1. The quantitative estimate of drug-likeness (QED) is 0.936. The van der Waals surface area contributed by atoms with Gasteiger partial charge in [-0.3, -0.25) is 9.59 Å². The zero-order chi connectivity index (χ0) is 15.5. The van der Waals surface area contributed by atoms with Crippen molar-refractivity contribution in [1.29, 1.82) is 0 Å². The maximum Gasteiger partial charge on any atom is 0.323 e. The summed E-state index contributed by atoms with van der Waals surface area (Å²) in [5.74, 6) is -1.24. The Hall–Kier alpha value is -2.34. The SMILES string of the molecule is O=C(O)CN(C(=O)c1cc2ccccc2o1)C1CCOCC1. The van der Waals surface area contributed by atoms with Crippen molar-refractivity contribution in [1.82, 2.24) is 4.90 Å². The van der Waals surface area contributed by atoms with Crippen LogP contribution in [0.25, 0.3) is 11.0 Å². The summed E-state index contributed by atoms with van der Waals surface area (Å²) in [7, 11) is 0. The van der Waals surface area contributed by atoms with E-state index in [-0.39, 0.29) is 24.3 Å². The van der Waals surface area contributed by atoms with Crippen molar-refractivity contribution in [2.24, 2.45) is 0 Å². The van der Waals surface area contributed by atoms with Crippen molar-refractivity contribution >= 4 is 22.8 Å². The van der Waals surface area contributed by atoms with Crippen LogP contribution in [0.2, 0.25) is 0 Å². The molecule has 3 rings (SSSR count). The molecule has 0 unspecified atom stereocenters. The van der Waals surface area contributed by atoms with Crippen molar-refractivity contribution in [3.63, 3.8) is 0 Å². The van der Waals surface area contributed by atoms with E-state index in [4.69, 9.17) is 14.3 Å². The normalized spacial score (nSPS) is 15.8. The van der Waals surface area contributed by atoms with Crippen LogP contribution in [0.1, 0.15) is 23.4 Å². The molecule has 0 saturated carbocycles. The molecule has 1 saturated heterocycles. The van der Waals surface area contributed by atoms with E-state index in [2.05, 4.69) is 0 Å². The maximum atomic E-state index is 12.7. The number of benzene rings is 1. The Morgan fingerprint density at radius 1 is 1.23 bits per heavy atom. The number of hydrogen-bond acceptors (Lipinski definition) is 4. The minimum atomic E-state index is -1.03. The summed E-state index contributed by atoms with van der Waals surface area (Å²) in [6.07, 6.45) is 1.28. The van der Waals surface area contributed by atoms with Crippen LogP contribution < -0.4 is 0 Å². The van der Waals surface area contributed by atoms with Crippen molar-refractivity contribution in [2.45, 2.75) is 18.9 Å². The summed E-state index contributed by atoms with van der Waals surface area (Å²) < 4.78 is 10.8. The number of para-hydroxylation sites is 1. The van der Waals surface area contributed by atoms with Gasteiger partial charge in [0.05, 0.1) is 0 Å². The predicted octanol–water partition coefficient (Wildman–Crippen LogP) is 2.14. The highest BCUT2D eigenvalue weighted by Gasteiger charge is 2.30. The molecule has 1 aromatic carbocycles. The molecule has 0 spiro atoms. The van der Waals surface area contributed by atoms with Crippen LogP contribution in [0.5, 0.6) is 0 Å². The van der Waals surface area contributed by atoms with Crippen LogP contribution in [-0.2, 0) is 9.53 Å². The van der Waals surface area contributed by atoms with E-state index in [1.807, 2.05) is 18.2 Å². The first-order chi connectivity index (χ1) is 10.6. The molecule has 0 radical (unpaired) electrons. The average molecular weight is 303 g/mol. The number of rotatable bonds is 4. The van der Waals surface area contributed by atoms with Gasteiger partial charge in [0.1, 0.15) is 12.1 Å². The molecular weight excluding hydrogens is 286 g/mol. The zero-order valence-corrected chi connectivity index (χ0v) is 12.0. The van der Waals surface area contributed by atoms with Gasteiger partial charge >= 0.3 is 5.97 Å². The van der Waals surface area contributed by atoms with Crippen LogP contribution in [-0.4, -0.2) is 47.7 Å². The minimum Gasteiger partial charge on any atom is -0.480 e. The van der Waals surface area contributed by atoms with Crippen LogP contribution >= 0.6 is 0 Å². The molecule has 1 amide bonds. The maximum absolute atomic E-state index is 12.7. The van der Waals surface area contributed by atoms with Crippen molar-refractivity contribution in [3.05, 3.63) is 36.1 Å². The van der Waals surface area contributed by atoms with E-state index in [0.29, 0.717) is 31.6 Å². The molecule has 6 heteroatoms. The second kappa shape index (κ2) is 6.19. The first-order valence-electron chi connectivity index (χ1n) is 7.24. The molecule has 0 atom stereocenters. The van der Waals surface area contributed by atoms with Crippen LogP contribution in [0.3, 0.4) is 0 Å². The summed E-state index contributed by atoms with van der Waals surface area (Å²) in [4.78, 5) is 25.2. The Kier molecular flexibility index (Phi) is 4.11. The molecule has 1 aliphatic heterocycles. The smallest absolute Gasteiger partial charge is 0.323 e. The zero-order valence-electron chi connectivity index (χ0n) is 12.0. The summed E-state index contributed by atoms with van der Waals surface area (Å²) in [6, 6.07) is 8.85. The first-order valence-corrected chi connectivity index (χ1v) is 7.24. The number of nitrogens with zero attached hydrogens (tertiary/aromatic N) is 1. The van der Waals surface area contributed by atoms with Gasteiger partial charge in [0.15, 0.2) is 5.76 Å². The number of carbonyl (C=O) groups is 2. The summed E-state index contributed by atoms with van der Waals surface area (Å²) >= 11 is 0. The first kappa shape index (κ1) is 14.6. The summed E-state index contributed by atoms with van der Waals surface area (Å²) in [5, 5.41) is 9.92. The van der Waals surface area contributed by atoms with Gasteiger partial charge in [0.2, 0.25) is 0 Å². The average Bonchev–Trinajstić information content (AvgIpc) is 2.96. The number of aliphatic carboxylic acids is 1. The topological polar surface area (TPSA) is 80.0 Å². The van der Waals surface area contributed by atoms with E-state index >= 15 is 0 Å². The monoisotopic (exact) mass is 303 g/mol.